The second-order valence-electron chi connectivity index (χ2n) is 5.28. The molecular formula is C16H18N4O3. The highest BCUT2D eigenvalue weighted by molar-refractivity contribution is 5.82. The Labute approximate surface area is 133 Å². The van der Waals surface area contributed by atoms with Gasteiger partial charge in [-0.2, -0.15) is 5.10 Å². The molecule has 120 valence electrons. The van der Waals surface area contributed by atoms with Gasteiger partial charge in [0.15, 0.2) is 0 Å². The van der Waals surface area contributed by atoms with Crippen molar-refractivity contribution in [3.05, 3.63) is 53.9 Å². The van der Waals surface area contributed by atoms with Crippen molar-refractivity contribution < 1.29 is 14.3 Å². The quantitative estimate of drug-likeness (QED) is 0.918. The maximum absolute atomic E-state index is 12.1. The van der Waals surface area contributed by atoms with Crippen molar-refractivity contribution in [2.75, 3.05) is 13.1 Å². The van der Waals surface area contributed by atoms with Gasteiger partial charge < -0.3 is 15.0 Å². The topological polar surface area (TPSA) is 76.5 Å². The fourth-order valence-corrected chi connectivity index (χ4v) is 2.43. The standard InChI is InChI=1S/C16H18N4O3/c21-15(19-8-9-20-14(11-19)6-7-18-20)10-17-16(22)23-12-13-4-2-1-3-5-13/h1-7H,8-12H2,(H,17,22). The van der Waals surface area contributed by atoms with Gasteiger partial charge in [-0.15, -0.1) is 0 Å². The third-order valence-corrected chi connectivity index (χ3v) is 3.69. The fraction of sp³-hybridized carbons (Fsp3) is 0.312. The molecule has 0 radical (unpaired) electrons. The number of fused-ring (bicyclic) bond motifs is 1. The molecule has 0 bridgehead atoms. The molecule has 0 saturated carbocycles. The number of hydrogen-bond donors (Lipinski definition) is 1. The smallest absolute Gasteiger partial charge is 0.407 e. The van der Waals surface area contributed by atoms with Gasteiger partial charge in [-0.3, -0.25) is 9.48 Å². The molecule has 2 heterocycles. The first kappa shape index (κ1) is 15.1. The first-order valence-electron chi connectivity index (χ1n) is 7.45. The van der Waals surface area contributed by atoms with Gasteiger partial charge in [-0.1, -0.05) is 30.3 Å². The minimum absolute atomic E-state index is 0.0677. The molecule has 0 fully saturated rings. The summed E-state index contributed by atoms with van der Waals surface area (Å²) in [6.45, 7) is 1.89. The van der Waals surface area contributed by atoms with Crippen LogP contribution < -0.4 is 5.32 Å². The van der Waals surface area contributed by atoms with Gasteiger partial charge in [0.2, 0.25) is 5.91 Å². The van der Waals surface area contributed by atoms with E-state index in [4.69, 9.17) is 4.74 Å². The Kier molecular flexibility index (Phi) is 4.56. The number of nitrogens with zero attached hydrogens (tertiary/aromatic N) is 3. The summed E-state index contributed by atoms with van der Waals surface area (Å²) in [7, 11) is 0. The van der Waals surface area contributed by atoms with Gasteiger partial charge in [0.1, 0.15) is 13.2 Å². The molecule has 1 aromatic carbocycles. The summed E-state index contributed by atoms with van der Waals surface area (Å²) in [6.07, 6.45) is 1.13. The second kappa shape index (κ2) is 6.95. The van der Waals surface area contributed by atoms with Gasteiger partial charge in [-0.25, -0.2) is 4.79 Å². The van der Waals surface area contributed by atoms with Crippen LogP contribution in [0.1, 0.15) is 11.3 Å². The highest BCUT2D eigenvalue weighted by Gasteiger charge is 2.21. The molecule has 23 heavy (non-hydrogen) atoms. The van der Waals surface area contributed by atoms with E-state index < -0.39 is 6.09 Å². The maximum Gasteiger partial charge on any atom is 0.407 e. The average molecular weight is 314 g/mol. The summed E-state index contributed by atoms with van der Waals surface area (Å²) in [5, 5.41) is 6.66. The largest absolute Gasteiger partial charge is 0.445 e. The minimum atomic E-state index is -0.593. The zero-order chi connectivity index (χ0) is 16.1. The number of alkyl carbamates (subject to hydrolysis) is 1. The van der Waals surface area contributed by atoms with Crippen LogP contribution in [0.25, 0.3) is 0 Å². The zero-order valence-corrected chi connectivity index (χ0v) is 12.6. The Balaban J connectivity index is 1.41. The van der Waals surface area contributed by atoms with Crippen molar-refractivity contribution in [1.29, 1.82) is 0 Å². The Morgan fingerprint density at radius 3 is 2.83 bits per heavy atom. The molecule has 2 aromatic rings. The van der Waals surface area contributed by atoms with Crippen molar-refractivity contribution in [2.45, 2.75) is 19.7 Å². The Bertz CT molecular complexity index is 684. The third-order valence-electron chi connectivity index (χ3n) is 3.69. The lowest BCUT2D eigenvalue weighted by atomic mass is 10.2. The molecular weight excluding hydrogens is 296 g/mol. The molecule has 1 aliphatic rings. The summed E-state index contributed by atoms with van der Waals surface area (Å²) < 4.78 is 6.96. The highest BCUT2D eigenvalue weighted by Crippen LogP contribution is 2.10. The van der Waals surface area contributed by atoms with Crippen LogP contribution in [0.5, 0.6) is 0 Å². The van der Waals surface area contributed by atoms with Crippen LogP contribution in [-0.4, -0.2) is 39.8 Å². The Morgan fingerprint density at radius 2 is 2.00 bits per heavy atom. The number of hydrogen-bond acceptors (Lipinski definition) is 4. The van der Waals surface area contributed by atoms with E-state index in [9.17, 15) is 9.59 Å². The van der Waals surface area contributed by atoms with E-state index in [0.717, 1.165) is 11.3 Å². The first-order valence-corrected chi connectivity index (χ1v) is 7.45. The molecule has 1 aliphatic heterocycles. The van der Waals surface area contributed by atoms with E-state index in [1.807, 2.05) is 41.1 Å². The summed E-state index contributed by atoms with van der Waals surface area (Å²) in [4.78, 5) is 25.5. The zero-order valence-electron chi connectivity index (χ0n) is 12.6. The lowest BCUT2D eigenvalue weighted by Gasteiger charge is -2.27. The molecule has 1 aromatic heterocycles. The van der Waals surface area contributed by atoms with Gasteiger partial charge in [0.25, 0.3) is 0 Å². The van der Waals surface area contributed by atoms with Crippen LogP contribution >= 0.6 is 0 Å². The summed E-state index contributed by atoms with van der Waals surface area (Å²) in [6, 6.07) is 11.3. The van der Waals surface area contributed by atoms with E-state index in [0.29, 0.717) is 19.6 Å². The number of rotatable bonds is 4. The van der Waals surface area contributed by atoms with Crippen LogP contribution in [-0.2, 0) is 29.2 Å². The predicted molar refractivity (Wildman–Crippen MR) is 82.3 cm³/mol. The maximum atomic E-state index is 12.1. The number of ether oxygens (including phenoxy) is 1. The van der Waals surface area contributed by atoms with Gasteiger partial charge in [0, 0.05) is 12.7 Å². The SMILES string of the molecule is O=C(NCC(=O)N1CCn2nccc2C1)OCc1ccccc1. The number of amides is 2. The monoisotopic (exact) mass is 314 g/mol. The van der Waals surface area contributed by atoms with Crippen molar-refractivity contribution in [3.8, 4) is 0 Å². The third kappa shape index (κ3) is 3.88. The minimum Gasteiger partial charge on any atom is -0.445 e. The molecule has 0 atom stereocenters. The van der Waals surface area contributed by atoms with E-state index in [1.54, 1.807) is 11.1 Å². The van der Waals surface area contributed by atoms with Crippen LogP contribution in [0.2, 0.25) is 0 Å². The van der Waals surface area contributed by atoms with Gasteiger partial charge >= 0.3 is 6.09 Å². The van der Waals surface area contributed by atoms with E-state index >= 15 is 0 Å². The van der Waals surface area contributed by atoms with Gasteiger partial charge in [0.05, 0.1) is 18.8 Å². The number of carbonyl (C=O) groups excluding carboxylic acids is 2. The number of carbonyl (C=O) groups is 2. The van der Waals surface area contributed by atoms with Crippen LogP contribution in [0.4, 0.5) is 4.79 Å². The van der Waals surface area contributed by atoms with Crippen molar-refractivity contribution in [1.82, 2.24) is 20.0 Å². The van der Waals surface area contributed by atoms with Crippen LogP contribution in [0.3, 0.4) is 0 Å². The predicted octanol–water partition coefficient (Wildman–Crippen LogP) is 1.15. The molecule has 3 rings (SSSR count). The van der Waals surface area contributed by atoms with Gasteiger partial charge in [-0.05, 0) is 11.6 Å². The summed E-state index contributed by atoms with van der Waals surface area (Å²) in [5.41, 5.74) is 1.90. The molecule has 1 N–H and O–H groups in total. The number of nitrogens with one attached hydrogen (secondary N) is 1. The molecule has 0 aliphatic carbocycles. The van der Waals surface area contributed by atoms with Crippen LogP contribution in [0.15, 0.2) is 42.6 Å². The lowest BCUT2D eigenvalue weighted by Crippen LogP contribution is -2.44. The molecule has 0 spiro atoms. The van der Waals surface area contributed by atoms with E-state index in [-0.39, 0.29) is 19.1 Å². The second-order valence-corrected chi connectivity index (χ2v) is 5.28. The Hall–Kier alpha value is -2.83. The molecule has 0 saturated heterocycles. The van der Waals surface area contributed by atoms with Crippen LogP contribution in [0, 0.1) is 0 Å². The number of benzene rings is 1. The van der Waals surface area contributed by atoms with Crippen molar-refractivity contribution >= 4 is 12.0 Å². The number of aromatic nitrogens is 2. The summed E-state index contributed by atoms with van der Waals surface area (Å²) in [5.74, 6) is -0.130. The molecule has 0 unspecified atom stereocenters. The normalized spacial score (nSPS) is 13.3. The highest BCUT2D eigenvalue weighted by atomic mass is 16.5. The fourth-order valence-electron chi connectivity index (χ4n) is 2.43. The van der Waals surface area contributed by atoms with Crippen molar-refractivity contribution in [2.24, 2.45) is 0 Å². The molecule has 7 nitrogen and oxygen atoms in total. The Morgan fingerprint density at radius 1 is 1.17 bits per heavy atom. The lowest BCUT2D eigenvalue weighted by molar-refractivity contribution is -0.131. The summed E-state index contributed by atoms with van der Waals surface area (Å²) >= 11 is 0. The average Bonchev–Trinajstić information content (AvgIpc) is 3.06. The van der Waals surface area contributed by atoms with E-state index in [1.165, 1.54) is 0 Å². The molecule has 7 heteroatoms. The van der Waals surface area contributed by atoms with Crippen molar-refractivity contribution in [3.63, 3.8) is 0 Å². The molecule has 2 amide bonds. The first-order chi connectivity index (χ1) is 11.2. The van der Waals surface area contributed by atoms with E-state index in [2.05, 4.69) is 10.4 Å².